The highest BCUT2D eigenvalue weighted by atomic mass is 16.6. The molecule has 0 radical (unpaired) electrons. The Morgan fingerprint density at radius 2 is 1.79 bits per heavy atom. The minimum absolute atomic E-state index is 0.217. The highest BCUT2D eigenvalue weighted by Gasteiger charge is 2.50. The van der Waals surface area contributed by atoms with E-state index in [4.69, 9.17) is 13.9 Å². The Balaban J connectivity index is 2.02. The predicted molar refractivity (Wildman–Crippen MR) is 104 cm³/mol. The second kappa shape index (κ2) is 6.74. The summed E-state index contributed by atoms with van der Waals surface area (Å²) < 4.78 is 17.1. The summed E-state index contributed by atoms with van der Waals surface area (Å²) in [6.07, 6.45) is -2.29. The van der Waals surface area contributed by atoms with Crippen molar-refractivity contribution in [1.82, 2.24) is 0 Å². The predicted octanol–water partition coefficient (Wildman–Crippen LogP) is 3.04. The first-order valence-electron chi connectivity index (χ1n) is 9.07. The molecule has 28 heavy (non-hydrogen) atoms. The third-order valence-electron chi connectivity index (χ3n) is 5.29. The molecule has 146 valence electrons. The van der Waals surface area contributed by atoms with E-state index in [1.807, 2.05) is 30.3 Å². The third-order valence-corrected chi connectivity index (χ3v) is 5.29. The smallest absolute Gasteiger partial charge is 0.193 e. The Kier molecular flexibility index (Phi) is 4.50. The molecule has 3 atom stereocenters. The Morgan fingerprint density at radius 3 is 2.39 bits per heavy atom. The largest absolute Gasteiger partial charge is 0.496 e. The van der Waals surface area contributed by atoms with E-state index in [0.29, 0.717) is 22.5 Å². The lowest BCUT2D eigenvalue weighted by atomic mass is 9.86. The van der Waals surface area contributed by atoms with Gasteiger partial charge in [-0.3, -0.25) is 4.79 Å². The van der Waals surface area contributed by atoms with Crippen LogP contribution in [0.3, 0.4) is 0 Å². The van der Waals surface area contributed by atoms with Gasteiger partial charge in [-0.25, -0.2) is 0 Å². The lowest BCUT2D eigenvalue weighted by Crippen LogP contribution is -2.34. The highest BCUT2D eigenvalue weighted by Crippen LogP contribution is 2.46. The zero-order chi connectivity index (χ0) is 20.1. The van der Waals surface area contributed by atoms with Gasteiger partial charge in [0.15, 0.2) is 11.7 Å². The van der Waals surface area contributed by atoms with Gasteiger partial charge in [0.25, 0.3) is 0 Å². The SMILES string of the molecule is COc1ccc2c(=O)cc(-c3ccccc3)oc2c1C1C(O)OC(C)(C)C1O. The van der Waals surface area contributed by atoms with E-state index in [1.165, 1.54) is 13.2 Å². The maximum absolute atomic E-state index is 12.8. The minimum Gasteiger partial charge on any atom is -0.496 e. The Hall–Kier alpha value is -2.67. The first-order valence-corrected chi connectivity index (χ1v) is 9.07. The summed E-state index contributed by atoms with van der Waals surface area (Å²) in [6, 6.07) is 14.0. The molecule has 4 rings (SSSR count). The number of aliphatic hydroxyl groups excluding tert-OH is 2. The molecule has 2 N–H and O–H groups in total. The van der Waals surface area contributed by atoms with E-state index in [2.05, 4.69) is 0 Å². The van der Waals surface area contributed by atoms with Crippen molar-refractivity contribution in [2.45, 2.75) is 37.8 Å². The van der Waals surface area contributed by atoms with Crippen molar-refractivity contribution < 1.29 is 24.1 Å². The fourth-order valence-electron chi connectivity index (χ4n) is 3.80. The zero-order valence-electron chi connectivity index (χ0n) is 15.9. The summed E-state index contributed by atoms with van der Waals surface area (Å²) >= 11 is 0. The first kappa shape index (κ1) is 18.7. The van der Waals surface area contributed by atoms with Crippen LogP contribution >= 0.6 is 0 Å². The average Bonchev–Trinajstić information content (AvgIpc) is 2.88. The van der Waals surface area contributed by atoms with Crippen LogP contribution in [-0.2, 0) is 4.74 Å². The van der Waals surface area contributed by atoms with Crippen LogP contribution in [0.25, 0.3) is 22.3 Å². The normalized spacial score (nSPS) is 23.8. The van der Waals surface area contributed by atoms with E-state index in [0.717, 1.165) is 5.56 Å². The van der Waals surface area contributed by atoms with E-state index in [1.54, 1.807) is 26.0 Å². The number of rotatable bonds is 3. The summed E-state index contributed by atoms with van der Waals surface area (Å²) in [6.45, 7) is 3.40. The van der Waals surface area contributed by atoms with Gasteiger partial charge < -0.3 is 24.1 Å². The molecule has 6 heteroatoms. The Labute approximate surface area is 162 Å². The van der Waals surface area contributed by atoms with Gasteiger partial charge in [-0.15, -0.1) is 0 Å². The fraction of sp³-hybridized carbons (Fsp3) is 0.318. The summed E-state index contributed by atoms with van der Waals surface area (Å²) in [5.74, 6) is -0.0251. The van der Waals surface area contributed by atoms with Crippen LogP contribution in [0.2, 0.25) is 0 Å². The minimum atomic E-state index is -1.27. The number of benzene rings is 2. The van der Waals surface area contributed by atoms with Crippen molar-refractivity contribution in [3.05, 3.63) is 64.3 Å². The van der Waals surface area contributed by atoms with E-state index < -0.39 is 23.9 Å². The van der Waals surface area contributed by atoms with Gasteiger partial charge in [-0.05, 0) is 26.0 Å². The molecule has 3 aromatic rings. The molecular formula is C22H22O6. The molecule has 0 spiro atoms. The molecule has 1 aliphatic rings. The summed E-state index contributed by atoms with van der Waals surface area (Å²) in [7, 11) is 1.49. The highest BCUT2D eigenvalue weighted by molar-refractivity contribution is 5.84. The lowest BCUT2D eigenvalue weighted by Gasteiger charge is -2.24. The number of aliphatic hydroxyl groups is 2. The number of fused-ring (bicyclic) bond motifs is 1. The number of hydrogen-bond donors (Lipinski definition) is 2. The quantitative estimate of drug-likeness (QED) is 0.724. The number of ether oxygens (including phenoxy) is 2. The first-order chi connectivity index (χ1) is 13.3. The van der Waals surface area contributed by atoms with Crippen LogP contribution in [0.5, 0.6) is 5.75 Å². The fourth-order valence-corrected chi connectivity index (χ4v) is 3.80. The van der Waals surface area contributed by atoms with Crippen molar-refractivity contribution >= 4 is 11.0 Å². The lowest BCUT2D eigenvalue weighted by molar-refractivity contribution is -0.136. The number of methoxy groups -OCH3 is 1. The second-order valence-electron chi connectivity index (χ2n) is 7.48. The van der Waals surface area contributed by atoms with E-state index in [-0.39, 0.29) is 11.0 Å². The monoisotopic (exact) mass is 382 g/mol. The van der Waals surface area contributed by atoms with Crippen LogP contribution in [0.15, 0.2) is 57.7 Å². The van der Waals surface area contributed by atoms with Gasteiger partial charge in [-0.1, -0.05) is 30.3 Å². The van der Waals surface area contributed by atoms with Gasteiger partial charge in [0, 0.05) is 17.2 Å². The van der Waals surface area contributed by atoms with Gasteiger partial charge >= 0.3 is 0 Å². The Morgan fingerprint density at radius 1 is 1.07 bits per heavy atom. The zero-order valence-corrected chi connectivity index (χ0v) is 15.9. The summed E-state index contributed by atoms with van der Waals surface area (Å²) in [5, 5.41) is 21.7. The molecular weight excluding hydrogens is 360 g/mol. The molecule has 0 bridgehead atoms. The molecule has 1 saturated heterocycles. The van der Waals surface area contributed by atoms with E-state index >= 15 is 0 Å². The molecule has 0 saturated carbocycles. The van der Waals surface area contributed by atoms with Crippen molar-refractivity contribution in [2.24, 2.45) is 0 Å². The summed E-state index contributed by atoms with van der Waals surface area (Å²) in [4.78, 5) is 12.8. The summed E-state index contributed by atoms with van der Waals surface area (Å²) in [5.41, 5.74) is 0.260. The molecule has 6 nitrogen and oxygen atoms in total. The second-order valence-corrected chi connectivity index (χ2v) is 7.48. The molecule has 1 aliphatic heterocycles. The van der Waals surface area contributed by atoms with Gasteiger partial charge in [-0.2, -0.15) is 0 Å². The molecule has 0 aliphatic carbocycles. The van der Waals surface area contributed by atoms with Crippen molar-refractivity contribution in [3.63, 3.8) is 0 Å². The van der Waals surface area contributed by atoms with E-state index in [9.17, 15) is 15.0 Å². The van der Waals surface area contributed by atoms with Crippen LogP contribution in [0.4, 0.5) is 0 Å². The van der Waals surface area contributed by atoms with Crippen LogP contribution < -0.4 is 10.2 Å². The molecule has 1 aromatic heterocycles. The molecule has 2 heterocycles. The number of hydrogen-bond acceptors (Lipinski definition) is 6. The molecule has 2 aromatic carbocycles. The third kappa shape index (κ3) is 2.90. The van der Waals surface area contributed by atoms with Crippen LogP contribution in [-0.4, -0.2) is 35.3 Å². The maximum atomic E-state index is 12.8. The van der Waals surface area contributed by atoms with Crippen molar-refractivity contribution in [2.75, 3.05) is 7.11 Å². The standard InChI is InChI=1S/C22H22O6/c1-22(2)20(24)18(21(25)28-22)17-15(26-3)10-9-13-14(23)11-16(27-19(13)17)12-7-5-4-6-8-12/h4-11,18,20-21,24-25H,1-3H3. The molecule has 3 unspecified atom stereocenters. The van der Waals surface area contributed by atoms with Crippen LogP contribution in [0.1, 0.15) is 25.3 Å². The van der Waals surface area contributed by atoms with Gasteiger partial charge in [0.2, 0.25) is 0 Å². The molecule has 1 fully saturated rings. The topological polar surface area (TPSA) is 89.1 Å². The Bertz CT molecular complexity index is 1070. The maximum Gasteiger partial charge on any atom is 0.193 e. The van der Waals surface area contributed by atoms with Gasteiger partial charge in [0.05, 0.1) is 30.1 Å². The van der Waals surface area contributed by atoms with Crippen LogP contribution in [0, 0.1) is 0 Å². The molecule has 0 amide bonds. The average molecular weight is 382 g/mol. The van der Waals surface area contributed by atoms with Gasteiger partial charge in [0.1, 0.15) is 17.1 Å². The van der Waals surface area contributed by atoms with Crippen molar-refractivity contribution in [1.29, 1.82) is 0 Å². The van der Waals surface area contributed by atoms with Crippen molar-refractivity contribution in [3.8, 4) is 17.1 Å².